The van der Waals surface area contributed by atoms with E-state index in [4.69, 9.17) is 0 Å². The maximum Gasteiger partial charge on any atom is 0.0522 e. The van der Waals surface area contributed by atoms with Crippen molar-refractivity contribution in [3.8, 4) is 0 Å². The molecule has 2 aromatic rings. The summed E-state index contributed by atoms with van der Waals surface area (Å²) in [5.41, 5.74) is 1.38. The lowest BCUT2D eigenvalue weighted by Crippen LogP contribution is -2.35. The first-order chi connectivity index (χ1) is 9.54. The lowest BCUT2D eigenvalue weighted by molar-refractivity contribution is 0.413. The molecule has 0 fully saturated rings. The molecule has 2 rings (SSSR count). The quantitative estimate of drug-likeness (QED) is 0.825. The minimum atomic E-state index is 0.133. The number of nitrogens with one attached hydrogen (secondary N) is 1. The van der Waals surface area contributed by atoms with E-state index in [0.717, 1.165) is 18.8 Å². The molecule has 20 heavy (non-hydrogen) atoms. The van der Waals surface area contributed by atoms with Crippen molar-refractivity contribution in [3.63, 3.8) is 0 Å². The van der Waals surface area contributed by atoms with Gasteiger partial charge in [0.2, 0.25) is 0 Å². The molecule has 0 saturated carbocycles. The van der Waals surface area contributed by atoms with E-state index in [0.29, 0.717) is 0 Å². The van der Waals surface area contributed by atoms with Crippen LogP contribution in [0.25, 0.3) is 0 Å². The van der Waals surface area contributed by atoms with Crippen molar-refractivity contribution in [2.45, 2.75) is 44.3 Å². The van der Waals surface area contributed by atoms with E-state index in [-0.39, 0.29) is 5.54 Å². The van der Waals surface area contributed by atoms with Crippen molar-refractivity contribution in [1.29, 1.82) is 0 Å². The van der Waals surface area contributed by atoms with Gasteiger partial charge in [-0.05, 0) is 39.0 Å². The molecule has 0 spiro atoms. The van der Waals surface area contributed by atoms with Gasteiger partial charge in [0.15, 0.2) is 0 Å². The first kappa shape index (κ1) is 15.1. The summed E-state index contributed by atoms with van der Waals surface area (Å²) in [6.45, 7) is 8.34. The van der Waals surface area contributed by atoms with Gasteiger partial charge in [0.05, 0.1) is 12.2 Å². The largest absolute Gasteiger partial charge is 0.306 e. The summed E-state index contributed by atoms with van der Waals surface area (Å²) in [5.74, 6) is 1.04. The lowest BCUT2D eigenvalue weighted by Gasteiger charge is -2.20. The minimum Gasteiger partial charge on any atom is -0.306 e. The Morgan fingerprint density at radius 1 is 1.15 bits per heavy atom. The van der Waals surface area contributed by atoms with E-state index in [1.165, 1.54) is 10.6 Å². The van der Waals surface area contributed by atoms with Crippen LogP contribution in [0.4, 0.5) is 0 Å². The highest BCUT2D eigenvalue weighted by molar-refractivity contribution is 7.99. The molecule has 0 atom stereocenters. The molecule has 0 unspecified atom stereocenters. The molecular formula is C16H23N3S. The summed E-state index contributed by atoms with van der Waals surface area (Å²) >= 11 is 1.87. The maximum atomic E-state index is 4.41. The molecule has 0 aliphatic rings. The zero-order valence-corrected chi connectivity index (χ0v) is 13.3. The van der Waals surface area contributed by atoms with E-state index >= 15 is 0 Å². The summed E-state index contributed by atoms with van der Waals surface area (Å²) in [4.78, 5) is 1.31. The highest BCUT2D eigenvalue weighted by atomic mass is 32.2. The van der Waals surface area contributed by atoms with Gasteiger partial charge in [-0.1, -0.05) is 18.2 Å². The third-order valence-electron chi connectivity index (χ3n) is 2.92. The molecule has 0 radical (unpaired) electrons. The fourth-order valence-corrected chi connectivity index (χ4v) is 2.68. The molecule has 1 N–H and O–H groups in total. The van der Waals surface area contributed by atoms with Crippen LogP contribution in [0.1, 0.15) is 26.5 Å². The molecule has 1 aromatic carbocycles. The normalized spacial score (nSPS) is 11.8. The number of rotatable bonds is 6. The molecule has 0 aliphatic heterocycles. The molecule has 4 heteroatoms. The van der Waals surface area contributed by atoms with Crippen LogP contribution in [-0.2, 0) is 13.1 Å². The number of benzene rings is 1. The van der Waals surface area contributed by atoms with Gasteiger partial charge in [0, 0.05) is 28.9 Å². The SMILES string of the molecule is CC(C)(C)NCc1ccnn1CCSc1ccccc1. The zero-order chi connectivity index (χ0) is 14.4. The van der Waals surface area contributed by atoms with Gasteiger partial charge < -0.3 is 5.32 Å². The van der Waals surface area contributed by atoms with Crippen LogP contribution in [0.15, 0.2) is 47.5 Å². The Labute approximate surface area is 125 Å². The van der Waals surface area contributed by atoms with E-state index in [2.05, 4.69) is 66.2 Å². The number of aryl methyl sites for hydroxylation is 1. The number of hydrogen-bond acceptors (Lipinski definition) is 3. The van der Waals surface area contributed by atoms with Crippen LogP contribution in [0, 0.1) is 0 Å². The molecule has 0 aliphatic carbocycles. The maximum absolute atomic E-state index is 4.41. The molecule has 1 heterocycles. The molecule has 3 nitrogen and oxygen atoms in total. The number of nitrogens with zero attached hydrogens (tertiary/aromatic N) is 2. The molecule has 108 valence electrons. The Morgan fingerprint density at radius 3 is 2.60 bits per heavy atom. The van der Waals surface area contributed by atoms with Crippen LogP contribution >= 0.6 is 11.8 Å². The Bertz CT molecular complexity index is 514. The number of hydrogen-bond donors (Lipinski definition) is 1. The minimum absolute atomic E-state index is 0.133. The Kier molecular flexibility index (Phi) is 5.26. The van der Waals surface area contributed by atoms with Crippen molar-refractivity contribution in [3.05, 3.63) is 48.3 Å². The van der Waals surface area contributed by atoms with Gasteiger partial charge in [-0.3, -0.25) is 4.68 Å². The second-order valence-electron chi connectivity index (χ2n) is 5.81. The standard InChI is InChI=1S/C16H23N3S/c1-16(2,3)17-13-14-9-10-18-19(14)11-12-20-15-7-5-4-6-8-15/h4-10,17H,11-13H2,1-3H3. The molecule has 0 amide bonds. The summed E-state index contributed by atoms with van der Waals surface area (Å²) in [5, 5.41) is 7.92. The van der Waals surface area contributed by atoms with Crippen LogP contribution < -0.4 is 5.32 Å². The third-order valence-corrected chi connectivity index (χ3v) is 3.91. The Balaban J connectivity index is 1.83. The molecule has 1 aromatic heterocycles. The van der Waals surface area contributed by atoms with Crippen LogP contribution in [0.3, 0.4) is 0 Å². The Hall–Kier alpha value is -1.26. The van der Waals surface area contributed by atoms with Crippen molar-refractivity contribution in [1.82, 2.24) is 15.1 Å². The first-order valence-electron chi connectivity index (χ1n) is 6.98. The van der Waals surface area contributed by atoms with Gasteiger partial charge in [0.1, 0.15) is 0 Å². The predicted octanol–water partition coefficient (Wildman–Crippen LogP) is 3.56. The van der Waals surface area contributed by atoms with Crippen molar-refractivity contribution in [2.75, 3.05) is 5.75 Å². The van der Waals surface area contributed by atoms with Crippen molar-refractivity contribution < 1.29 is 0 Å². The second-order valence-corrected chi connectivity index (χ2v) is 6.98. The molecular weight excluding hydrogens is 266 g/mol. The van der Waals surface area contributed by atoms with E-state index in [1.54, 1.807) is 0 Å². The van der Waals surface area contributed by atoms with Gasteiger partial charge in [-0.2, -0.15) is 5.10 Å². The monoisotopic (exact) mass is 289 g/mol. The van der Waals surface area contributed by atoms with E-state index in [1.807, 2.05) is 24.0 Å². The van der Waals surface area contributed by atoms with Gasteiger partial charge >= 0.3 is 0 Å². The first-order valence-corrected chi connectivity index (χ1v) is 7.97. The topological polar surface area (TPSA) is 29.9 Å². The van der Waals surface area contributed by atoms with Gasteiger partial charge in [-0.15, -0.1) is 11.8 Å². The average molecular weight is 289 g/mol. The van der Waals surface area contributed by atoms with Gasteiger partial charge in [-0.25, -0.2) is 0 Å². The number of thioether (sulfide) groups is 1. The van der Waals surface area contributed by atoms with Crippen molar-refractivity contribution >= 4 is 11.8 Å². The van der Waals surface area contributed by atoms with Crippen LogP contribution in [0.2, 0.25) is 0 Å². The average Bonchev–Trinajstić information content (AvgIpc) is 2.84. The fourth-order valence-electron chi connectivity index (χ4n) is 1.83. The van der Waals surface area contributed by atoms with Crippen LogP contribution in [-0.4, -0.2) is 21.1 Å². The highest BCUT2D eigenvalue weighted by Gasteiger charge is 2.10. The zero-order valence-electron chi connectivity index (χ0n) is 12.5. The third kappa shape index (κ3) is 5.02. The summed E-state index contributed by atoms with van der Waals surface area (Å²) in [6, 6.07) is 12.6. The highest BCUT2D eigenvalue weighted by Crippen LogP contribution is 2.17. The second kappa shape index (κ2) is 6.95. The predicted molar refractivity (Wildman–Crippen MR) is 86.0 cm³/mol. The van der Waals surface area contributed by atoms with Gasteiger partial charge in [0.25, 0.3) is 0 Å². The number of aromatic nitrogens is 2. The molecule has 0 saturated heterocycles. The van der Waals surface area contributed by atoms with E-state index < -0.39 is 0 Å². The van der Waals surface area contributed by atoms with Crippen molar-refractivity contribution in [2.24, 2.45) is 0 Å². The Morgan fingerprint density at radius 2 is 1.90 bits per heavy atom. The fraction of sp³-hybridized carbons (Fsp3) is 0.438. The summed E-state index contributed by atoms with van der Waals surface area (Å²) in [7, 11) is 0. The van der Waals surface area contributed by atoms with Crippen LogP contribution in [0.5, 0.6) is 0 Å². The summed E-state index contributed by atoms with van der Waals surface area (Å²) in [6.07, 6.45) is 1.88. The summed E-state index contributed by atoms with van der Waals surface area (Å²) < 4.78 is 2.09. The smallest absolute Gasteiger partial charge is 0.0522 e. The lowest BCUT2D eigenvalue weighted by atomic mass is 10.1. The van der Waals surface area contributed by atoms with E-state index in [9.17, 15) is 0 Å². The molecule has 0 bridgehead atoms.